The molecule has 2 aromatic heterocycles. The molecule has 0 radical (unpaired) electrons. The average Bonchev–Trinajstić information content (AvgIpc) is 3.64. The first-order chi connectivity index (χ1) is 22.2. The number of aromatic amines is 1. The fourth-order valence-electron chi connectivity index (χ4n) is 6.20. The Morgan fingerprint density at radius 3 is 1.71 bits per heavy atom. The van der Waals surface area contributed by atoms with Crippen molar-refractivity contribution < 1.29 is 11.0 Å². The average molecular weight is 491 g/mol. The fraction of sp³-hybridized carbons (Fsp3) is 0. The smallest absolute Gasteiger partial charge is 0.0645 e. The number of nitrogens with zero attached hydrogens (tertiary/aromatic N) is 1. The van der Waals surface area contributed by atoms with Gasteiger partial charge in [0.15, 0.2) is 0 Å². The van der Waals surface area contributed by atoms with Gasteiger partial charge in [-0.05, 0) is 57.2 Å². The molecule has 0 fully saturated rings. The molecule has 0 atom stereocenters. The second-order valence-electron chi connectivity index (χ2n) is 9.64. The van der Waals surface area contributed by atoms with Crippen molar-refractivity contribution in [3.05, 3.63) is 127 Å². The molecule has 1 N–H and O–H groups in total. The topological polar surface area (TPSA) is 20.7 Å². The van der Waals surface area contributed by atoms with Crippen molar-refractivity contribution in [3.63, 3.8) is 0 Å². The molecule has 0 bridgehead atoms. The highest BCUT2D eigenvalue weighted by atomic mass is 15.0. The fourth-order valence-corrected chi connectivity index (χ4v) is 6.20. The molecule has 0 aliphatic rings. The molecule has 2 heterocycles. The normalized spacial score (nSPS) is 15.2. The van der Waals surface area contributed by atoms with Crippen LogP contribution in [0.4, 0.5) is 0 Å². The number of rotatable bonds is 1. The van der Waals surface area contributed by atoms with Gasteiger partial charge in [-0.1, -0.05) is 96.9 Å². The van der Waals surface area contributed by atoms with Gasteiger partial charge in [0.1, 0.15) is 0 Å². The van der Waals surface area contributed by atoms with Gasteiger partial charge in [0, 0.05) is 43.7 Å². The van der Waals surface area contributed by atoms with Crippen molar-refractivity contribution in [1.29, 1.82) is 0 Å². The van der Waals surface area contributed by atoms with Crippen LogP contribution in [0.2, 0.25) is 0 Å². The first-order valence-corrected chi connectivity index (χ1v) is 12.5. The van der Waals surface area contributed by atoms with Crippen LogP contribution >= 0.6 is 0 Å². The zero-order valence-corrected chi connectivity index (χ0v) is 20.0. The van der Waals surface area contributed by atoms with Crippen molar-refractivity contribution in [1.82, 2.24) is 9.55 Å². The van der Waals surface area contributed by atoms with Gasteiger partial charge in [-0.25, -0.2) is 0 Å². The number of fused-ring (bicyclic) bond motifs is 13. The molecule has 0 spiro atoms. The highest BCUT2D eigenvalue weighted by Gasteiger charge is 2.16. The van der Waals surface area contributed by atoms with Crippen LogP contribution in [0.1, 0.15) is 11.0 Å². The van der Waals surface area contributed by atoms with Crippen molar-refractivity contribution >= 4 is 75.9 Å². The molecule has 38 heavy (non-hydrogen) atoms. The van der Waals surface area contributed by atoms with E-state index in [1.807, 2.05) is 24.3 Å². The molecule has 176 valence electrons. The minimum Gasteiger partial charge on any atom is -0.354 e. The summed E-state index contributed by atoms with van der Waals surface area (Å²) in [6.07, 6.45) is 0. The molecular weight excluding hydrogens is 460 g/mol. The van der Waals surface area contributed by atoms with Gasteiger partial charge in [0.2, 0.25) is 0 Å². The molecule has 0 saturated carbocycles. The summed E-state index contributed by atoms with van der Waals surface area (Å²) in [5.74, 6) is 0. The van der Waals surface area contributed by atoms with E-state index in [2.05, 4.69) is 59.6 Å². The number of H-pyrrole nitrogens is 1. The van der Waals surface area contributed by atoms with E-state index in [9.17, 15) is 0 Å². The summed E-state index contributed by atoms with van der Waals surface area (Å²) >= 11 is 0. The Morgan fingerprint density at radius 2 is 1.03 bits per heavy atom. The van der Waals surface area contributed by atoms with E-state index < -0.39 is 24.2 Å². The van der Waals surface area contributed by atoms with Crippen LogP contribution in [0, 0.1) is 0 Å². The van der Waals surface area contributed by atoms with Gasteiger partial charge >= 0.3 is 0 Å². The molecule has 2 heteroatoms. The zero-order valence-electron chi connectivity index (χ0n) is 28.0. The van der Waals surface area contributed by atoms with E-state index in [1.54, 1.807) is 4.57 Å². The minimum atomic E-state index is -0.457. The van der Waals surface area contributed by atoms with Crippen LogP contribution in [0.25, 0.3) is 81.6 Å². The lowest BCUT2D eigenvalue weighted by molar-refractivity contribution is 1.18. The zero-order chi connectivity index (χ0) is 31.8. The van der Waals surface area contributed by atoms with Crippen molar-refractivity contribution in [2.75, 3.05) is 0 Å². The highest BCUT2D eigenvalue weighted by molar-refractivity contribution is 6.35. The maximum absolute atomic E-state index is 8.84. The predicted octanol–water partition coefficient (Wildman–Crippen LogP) is 9.88. The molecule has 0 amide bonds. The lowest BCUT2D eigenvalue weighted by Gasteiger charge is -2.11. The Hall–Kier alpha value is -5.08. The number of hydrogen-bond acceptors (Lipinski definition) is 0. The van der Waals surface area contributed by atoms with E-state index in [0.29, 0.717) is 5.69 Å². The summed E-state index contributed by atoms with van der Waals surface area (Å²) in [5, 5.41) is 9.08. The first-order valence-electron chi connectivity index (χ1n) is 16.5. The Kier molecular flexibility index (Phi) is 2.67. The van der Waals surface area contributed by atoms with Gasteiger partial charge in [0.25, 0.3) is 0 Å². The van der Waals surface area contributed by atoms with Crippen molar-refractivity contribution in [3.8, 4) is 5.69 Å². The maximum Gasteiger partial charge on any atom is 0.0645 e. The summed E-state index contributed by atoms with van der Waals surface area (Å²) in [5.41, 5.74) is 2.44. The largest absolute Gasteiger partial charge is 0.354 e. The lowest BCUT2D eigenvalue weighted by atomic mass is 9.92. The van der Waals surface area contributed by atoms with Crippen LogP contribution in [0.15, 0.2) is 127 Å². The second-order valence-corrected chi connectivity index (χ2v) is 9.64. The van der Waals surface area contributed by atoms with E-state index >= 15 is 0 Å². The quantitative estimate of drug-likeness (QED) is 0.221. The Bertz CT molecular complexity index is 2740. The molecule has 9 aromatic rings. The van der Waals surface area contributed by atoms with E-state index in [4.69, 9.17) is 11.0 Å². The highest BCUT2D eigenvalue weighted by Crippen LogP contribution is 2.42. The number of nitrogens with one attached hydrogen (secondary N) is 1. The third-order valence-electron chi connectivity index (χ3n) is 7.74. The third-order valence-corrected chi connectivity index (χ3v) is 7.74. The van der Waals surface area contributed by atoms with Crippen molar-refractivity contribution in [2.45, 2.75) is 0 Å². The van der Waals surface area contributed by atoms with Crippen LogP contribution in [-0.4, -0.2) is 9.55 Å². The van der Waals surface area contributed by atoms with Gasteiger partial charge < -0.3 is 9.55 Å². The lowest BCUT2D eigenvalue weighted by Crippen LogP contribution is -1.93. The van der Waals surface area contributed by atoms with E-state index in [0.717, 1.165) is 48.7 Å². The summed E-state index contributed by atoms with van der Waals surface area (Å²) in [6.45, 7) is 0. The van der Waals surface area contributed by atoms with E-state index in [1.165, 1.54) is 5.39 Å². The molecule has 2 nitrogen and oxygen atoms in total. The van der Waals surface area contributed by atoms with Crippen LogP contribution < -0.4 is 0 Å². The molecule has 7 aromatic carbocycles. The number of para-hydroxylation sites is 2. The van der Waals surface area contributed by atoms with Gasteiger partial charge in [0.05, 0.1) is 22.0 Å². The summed E-state index contributed by atoms with van der Waals surface area (Å²) in [4.78, 5) is 3.56. The molecule has 0 unspecified atom stereocenters. The van der Waals surface area contributed by atoms with Crippen molar-refractivity contribution in [2.24, 2.45) is 0 Å². The Balaban J connectivity index is 1.44. The summed E-state index contributed by atoms with van der Waals surface area (Å²) < 4.78 is 70.1. The van der Waals surface area contributed by atoms with Crippen LogP contribution in [-0.2, 0) is 0 Å². The molecular formula is C36H22N2. The third kappa shape index (κ3) is 2.51. The Labute approximate surface area is 229 Å². The standard InChI is InChI=1S/C36H22N2/c1-2-11-25-23(9-1)24-10-3-4-14-28(24)35-29(25)19-20-31-36(35)30-18-17-22(21-32(30)37-31)38-33-15-7-5-12-26(33)27-13-6-8-16-34(27)38/h1-21,37H/i5D,6D,7D,8D,12D,13D,15D,16D. The molecule has 0 aliphatic heterocycles. The van der Waals surface area contributed by atoms with Gasteiger partial charge in [-0.3, -0.25) is 0 Å². The summed E-state index contributed by atoms with van der Waals surface area (Å²) in [7, 11) is 0. The molecule has 0 aliphatic carbocycles. The second kappa shape index (κ2) is 7.24. The molecule has 9 rings (SSSR count). The maximum atomic E-state index is 8.84. The number of aromatic nitrogens is 2. The number of hydrogen-bond donors (Lipinski definition) is 1. The minimum absolute atomic E-state index is 0.0640. The van der Waals surface area contributed by atoms with Gasteiger partial charge in [-0.15, -0.1) is 0 Å². The predicted molar refractivity (Wildman–Crippen MR) is 163 cm³/mol. The number of benzene rings is 7. The van der Waals surface area contributed by atoms with Gasteiger partial charge in [-0.2, -0.15) is 0 Å². The van der Waals surface area contributed by atoms with Crippen LogP contribution in [0.5, 0.6) is 0 Å². The SMILES string of the molecule is [2H]c1c([2H])c([2H])c2c(c1[2H])c1c([2H])c([2H])c([2H])c([2H])c1n2-c1ccc2c(c1)[nH]c1ccc3c4ccccc4c4ccccc4c3c12. The Morgan fingerprint density at radius 1 is 0.474 bits per heavy atom. The summed E-state index contributed by atoms with van der Waals surface area (Å²) in [6, 6.07) is 23.6. The monoisotopic (exact) mass is 490 g/mol. The first kappa shape index (κ1) is 14.0. The molecule has 0 saturated heterocycles. The van der Waals surface area contributed by atoms with Crippen LogP contribution in [0.3, 0.4) is 0 Å². The van der Waals surface area contributed by atoms with E-state index in [-0.39, 0.29) is 46.0 Å².